The van der Waals surface area contributed by atoms with E-state index in [1.165, 1.54) is 38.5 Å². The third-order valence-corrected chi connectivity index (χ3v) is 6.83. The number of carbonyl (C=O) groups excluding carboxylic acids is 2. The summed E-state index contributed by atoms with van der Waals surface area (Å²) in [6, 6.07) is 0. The average molecular weight is 333 g/mol. The van der Waals surface area contributed by atoms with Crippen molar-refractivity contribution >= 4 is 11.8 Å². The fourth-order valence-corrected chi connectivity index (χ4v) is 6.29. The zero-order valence-electron chi connectivity index (χ0n) is 14.7. The Balaban J connectivity index is 1.27. The summed E-state index contributed by atoms with van der Waals surface area (Å²) in [6.45, 7) is 3.56. The molecule has 0 aromatic carbocycles. The third kappa shape index (κ3) is 3.46. The summed E-state index contributed by atoms with van der Waals surface area (Å²) in [5.74, 6) is 2.77. The second-order valence-corrected chi connectivity index (χ2v) is 8.86. The van der Waals surface area contributed by atoms with Crippen molar-refractivity contribution in [3.8, 4) is 0 Å². The molecule has 0 atom stereocenters. The van der Waals surface area contributed by atoms with Crippen LogP contribution in [0, 0.1) is 23.2 Å². The first-order valence-corrected chi connectivity index (χ1v) is 9.87. The molecule has 0 aromatic heterocycles. The minimum atomic E-state index is 0.0672. The van der Waals surface area contributed by atoms with Crippen LogP contribution >= 0.6 is 0 Å². The summed E-state index contributed by atoms with van der Waals surface area (Å²) in [7, 11) is 0. The Morgan fingerprint density at radius 3 is 2.33 bits per heavy atom. The molecule has 4 aliphatic carbocycles. The minimum Gasteiger partial charge on any atom is -0.347 e. The Morgan fingerprint density at radius 2 is 1.67 bits per heavy atom. The van der Waals surface area contributed by atoms with Gasteiger partial charge in [0.15, 0.2) is 0 Å². The third-order valence-electron chi connectivity index (χ3n) is 6.83. The van der Waals surface area contributed by atoms with Crippen LogP contribution in [0.25, 0.3) is 0 Å². The summed E-state index contributed by atoms with van der Waals surface area (Å²) >= 11 is 0. The second kappa shape index (κ2) is 6.66. The van der Waals surface area contributed by atoms with Crippen molar-refractivity contribution in [2.24, 2.45) is 23.2 Å². The van der Waals surface area contributed by atoms with Crippen LogP contribution < -0.4 is 10.6 Å². The van der Waals surface area contributed by atoms with E-state index >= 15 is 0 Å². The smallest absolute Gasteiger partial charge is 0.242 e. The van der Waals surface area contributed by atoms with Gasteiger partial charge in [-0.1, -0.05) is 0 Å². The lowest BCUT2D eigenvalue weighted by Gasteiger charge is -2.56. The van der Waals surface area contributed by atoms with Gasteiger partial charge >= 0.3 is 0 Å². The summed E-state index contributed by atoms with van der Waals surface area (Å²) in [4.78, 5) is 26.7. The molecule has 0 radical (unpaired) electrons. The van der Waals surface area contributed by atoms with Crippen molar-refractivity contribution in [1.82, 2.24) is 15.5 Å². The number of hydrogen-bond donors (Lipinski definition) is 2. The predicted octanol–water partition coefficient (Wildman–Crippen LogP) is 1.53. The molecular weight excluding hydrogens is 302 g/mol. The van der Waals surface area contributed by atoms with E-state index in [1.54, 1.807) is 0 Å². The molecule has 2 amide bonds. The maximum Gasteiger partial charge on any atom is 0.242 e. The first-order valence-electron chi connectivity index (χ1n) is 9.87. The highest BCUT2D eigenvalue weighted by molar-refractivity contribution is 5.85. The molecule has 1 saturated heterocycles. The maximum absolute atomic E-state index is 12.5. The molecule has 5 fully saturated rings. The fraction of sp³-hybridized carbons (Fsp3) is 0.895. The van der Waals surface area contributed by atoms with E-state index < -0.39 is 0 Å². The molecule has 4 bridgehead atoms. The monoisotopic (exact) mass is 333 g/mol. The van der Waals surface area contributed by atoms with Crippen LogP contribution in [0.1, 0.15) is 51.4 Å². The van der Waals surface area contributed by atoms with Crippen molar-refractivity contribution in [1.29, 1.82) is 0 Å². The highest BCUT2D eigenvalue weighted by Gasteiger charge is 2.51. The number of nitrogens with one attached hydrogen (secondary N) is 2. The van der Waals surface area contributed by atoms with Gasteiger partial charge in [-0.2, -0.15) is 0 Å². The first-order chi connectivity index (χ1) is 11.6. The molecule has 5 aliphatic rings. The molecule has 0 spiro atoms. The average Bonchev–Trinajstić information content (AvgIpc) is 2.80. The standard InChI is InChI=1S/C19H31N3O2/c23-17(21-13-18(24)22-4-1-2-20-3-5-22)12-19-9-14-6-15(10-19)8-16(7-14)11-19/h14-16,20H,1-13H2,(H,21,23). The molecule has 4 saturated carbocycles. The fourth-order valence-electron chi connectivity index (χ4n) is 6.29. The number of amides is 2. The van der Waals surface area contributed by atoms with Gasteiger partial charge in [0, 0.05) is 26.1 Å². The molecule has 24 heavy (non-hydrogen) atoms. The predicted molar refractivity (Wildman–Crippen MR) is 92.3 cm³/mol. The van der Waals surface area contributed by atoms with E-state index in [0.29, 0.717) is 6.42 Å². The number of hydrogen-bond acceptors (Lipinski definition) is 3. The van der Waals surface area contributed by atoms with Crippen molar-refractivity contribution < 1.29 is 9.59 Å². The summed E-state index contributed by atoms with van der Waals surface area (Å²) < 4.78 is 0. The Bertz CT molecular complexity index is 462. The van der Waals surface area contributed by atoms with Crippen LogP contribution in [0.5, 0.6) is 0 Å². The largest absolute Gasteiger partial charge is 0.347 e. The number of rotatable bonds is 4. The van der Waals surface area contributed by atoms with Crippen LogP contribution in [0.4, 0.5) is 0 Å². The van der Waals surface area contributed by atoms with E-state index in [0.717, 1.165) is 50.4 Å². The molecule has 1 aliphatic heterocycles. The lowest BCUT2D eigenvalue weighted by atomic mass is 9.49. The lowest BCUT2D eigenvalue weighted by molar-refractivity contribution is -0.135. The van der Waals surface area contributed by atoms with E-state index in [1.807, 2.05) is 4.90 Å². The highest BCUT2D eigenvalue weighted by atomic mass is 16.2. The van der Waals surface area contributed by atoms with Crippen LogP contribution in [-0.4, -0.2) is 49.4 Å². The van der Waals surface area contributed by atoms with Crippen LogP contribution in [-0.2, 0) is 9.59 Å². The summed E-state index contributed by atoms with van der Waals surface area (Å²) in [5.41, 5.74) is 0.258. The molecule has 0 aromatic rings. The number of carbonyl (C=O) groups is 2. The van der Waals surface area contributed by atoms with Gasteiger partial charge in [0.05, 0.1) is 6.54 Å². The highest BCUT2D eigenvalue weighted by Crippen LogP contribution is 2.61. The molecule has 0 unspecified atom stereocenters. The van der Waals surface area contributed by atoms with Gasteiger partial charge in [0.1, 0.15) is 0 Å². The Kier molecular flexibility index (Phi) is 4.54. The Morgan fingerprint density at radius 1 is 1.00 bits per heavy atom. The second-order valence-electron chi connectivity index (χ2n) is 8.86. The van der Waals surface area contributed by atoms with Gasteiger partial charge in [-0.3, -0.25) is 9.59 Å². The summed E-state index contributed by atoms with van der Waals surface area (Å²) in [5, 5.41) is 6.23. The van der Waals surface area contributed by atoms with E-state index in [9.17, 15) is 9.59 Å². The normalized spacial score (nSPS) is 38.0. The maximum atomic E-state index is 12.5. The van der Waals surface area contributed by atoms with Crippen molar-refractivity contribution in [2.75, 3.05) is 32.7 Å². The van der Waals surface area contributed by atoms with Gasteiger partial charge in [-0.15, -0.1) is 0 Å². The molecule has 1 heterocycles. The van der Waals surface area contributed by atoms with E-state index in [4.69, 9.17) is 0 Å². The topological polar surface area (TPSA) is 61.4 Å². The minimum absolute atomic E-state index is 0.0672. The van der Waals surface area contributed by atoms with E-state index in [-0.39, 0.29) is 23.8 Å². The molecule has 5 nitrogen and oxygen atoms in total. The Hall–Kier alpha value is -1.10. The SMILES string of the molecule is O=C(CC12CC3CC(CC(C3)C1)C2)NCC(=O)N1CCCNCC1. The molecule has 134 valence electrons. The van der Waals surface area contributed by atoms with Gasteiger partial charge in [-0.25, -0.2) is 0 Å². The van der Waals surface area contributed by atoms with Crippen LogP contribution in [0.2, 0.25) is 0 Å². The first kappa shape index (κ1) is 16.4. The molecule has 5 heteroatoms. The van der Waals surface area contributed by atoms with Gasteiger partial charge < -0.3 is 15.5 Å². The van der Waals surface area contributed by atoms with Crippen molar-refractivity contribution in [3.05, 3.63) is 0 Å². The van der Waals surface area contributed by atoms with Crippen LogP contribution in [0.3, 0.4) is 0 Å². The summed E-state index contributed by atoms with van der Waals surface area (Å²) in [6.07, 6.45) is 9.60. The van der Waals surface area contributed by atoms with Crippen molar-refractivity contribution in [3.63, 3.8) is 0 Å². The van der Waals surface area contributed by atoms with E-state index in [2.05, 4.69) is 10.6 Å². The molecular formula is C19H31N3O2. The van der Waals surface area contributed by atoms with Crippen LogP contribution in [0.15, 0.2) is 0 Å². The molecule has 5 rings (SSSR count). The zero-order valence-corrected chi connectivity index (χ0v) is 14.7. The lowest BCUT2D eigenvalue weighted by Crippen LogP contribution is -2.49. The van der Waals surface area contributed by atoms with Crippen molar-refractivity contribution in [2.45, 2.75) is 51.4 Å². The van der Waals surface area contributed by atoms with Gasteiger partial charge in [0.2, 0.25) is 11.8 Å². The molecule has 2 N–H and O–H groups in total. The number of nitrogens with zero attached hydrogens (tertiary/aromatic N) is 1. The Labute approximate surface area is 144 Å². The quantitative estimate of drug-likeness (QED) is 0.820. The van der Waals surface area contributed by atoms with Gasteiger partial charge in [-0.05, 0) is 74.7 Å². The zero-order chi connectivity index (χ0) is 16.6. The van der Waals surface area contributed by atoms with Gasteiger partial charge in [0.25, 0.3) is 0 Å².